The summed E-state index contributed by atoms with van der Waals surface area (Å²) in [5.41, 5.74) is 0.821. The lowest BCUT2D eigenvalue weighted by atomic mass is 9.56. The molecule has 0 aliphatic heterocycles. The molecule has 0 aromatic heterocycles. The normalized spacial score (nSPS) is 24.5. The Bertz CT molecular complexity index is 396. The van der Waals surface area contributed by atoms with Gasteiger partial charge >= 0.3 is 5.97 Å². The van der Waals surface area contributed by atoms with Crippen LogP contribution in [0, 0.1) is 5.41 Å². The van der Waals surface area contributed by atoms with Crippen LogP contribution in [0.25, 0.3) is 0 Å². The van der Waals surface area contributed by atoms with Crippen LogP contribution in [0.1, 0.15) is 31.2 Å². The highest BCUT2D eigenvalue weighted by Crippen LogP contribution is 2.68. The van der Waals surface area contributed by atoms with Gasteiger partial charge in [0.05, 0.1) is 5.41 Å². The van der Waals surface area contributed by atoms with E-state index in [0.29, 0.717) is 5.41 Å². The van der Waals surface area contributed by atoms with Gasteiger partial charge in [0.1, 0.15) is 0 Å². The van der Waals surface area contributed by atoms with Crippen LogP contribution < -0.4 is 0 Å². The zero-order chi connectivity index (χ0) is 10.5. The molecule has 15 heavy (non-hydrogen) atoms. The molecule has 0 unspecified atom stereocenters. The van der Waals surface area contributed by atoms with Crippen molar-refractivity contribution in [1.82, 2.24) is 0 Å². The molecule has 0 bridgehead atoms. The van der Waals surface area contributed by atoms with Gasteiger partial charge in [-0.15, -0.1) is 0 Å². The van der Waals surface area contributed by atoms with Gasteiger partial charge in [0.15, 0.2) is 0 Å². The van der Waals surface area contributed by atoms with Crippen LogP contribution in [0.5, 0.6) is 0 Å². The largest absolute Gasteiger partial charge is 0.481 e. The van der Waals surface area contributed by atoms with E-state index in [9.17, 15) is 9.90 Å². The first kappa shape index (κ1) is 8.96. The van der Waals surface area contributed by atoms with Gasteiger partial charge in [-0.3, -0.25) is 4.79 Å². The van der Waals surface area contributed by atoms with E-state index in [1.54, 1.807) is 0 Å². The zero-order valence-electron chi connectivity index (χ0n) is 8.57. The van der Waals surface area contributed by atoms with Gasteiger partial charge in [-0.1, -0.05) is 30.3 Å². The molecule has 2 fully saturated rings. The maximum Gasteiger partial charge on any atom is 0.314 e. The van der Waals surface area contributed by atoms with Crippen LogP contribution in [0.15, 0.2) is 30.3 Å². The predicted octanol–water partition coefficient (Wildman–Crippen LogP) is 2.58. The molecule has 78 valence electrons. The molecule has 2 aliphatic carbocycles. The van der Waals surface area contributed by atoms with Crippen molar-refractivity contribution in [3.05, 3.63) is 35.9 Å². The third-order valence-corrected chi connectivity index (χ3v) is 4.05. The Morgan fingerprint density at radius 2 is 1.73 bits per heavy atom. The minimum Gasteiger partial charge on any atom is -0.481 e. The Hall–Kier alpha value is -1.31. The fraction of sp³-hybridized carbons (Fsp3) is 0.462. The third kappa shape index (κ3) is 1.14. The van der Waals surface area contributed by atoms with Crippen LogP contribution in [0.2, 0.25) is 0 Å². The Balaban J connectivity index is 1.96. The lowest BCUT2D eigenvalue weighted by Gasteiger charge is -2.45. The molecular formula is C13H14O2. The van der Waals surface area contributed by atoms with Crippen molar-refractivity contribution >= 4 is 5.97 Å². The van der Waals surface area contributed by atoms with E-state index in [4.69, 9.17) is 0 Å². The molecular weight excluding hydrogens is 188 g/mol. The topological polar surface area (TPSA) is 37.3 Å². The Labute approximate surface area is 88.9 Å². The lowest BCUT2D eigenvalue weighted by molar-refractivity contribution is -0.150. The summed E-state index contributed by atoms with van der Waals surface area (Å²) >= 11 is 0. The summed E-state index contributed by atoms with van der Waals surface area (Å²) in [6, 6.07) is 9.69. The highest BCUT2D eigenvalue weighted by Gasteiger charge is 2.64. The molecule has 2 saturated carbocycles. The second-order valence-corrected chi connectivity index (χ2v) is 5.11. The summed E-state index contributed by atoms with van der Waals surface area (Å²) in [5.74, 6) is -0.647. The number of hydrogen-bond donors (Lipinski definition) is 1. The van der Waals surface area contributed by atoms with Crippen LogP contribution in [-0.4, -0.2) is 11.1 Å². The summed E-state index contributed by atoms with van der Waals surface area (Å²) in [6.45, 7) is 0. The average Bonchev–Trinajstić information content (AvgIpc) is 2.95. The first-order valence-corrected chi connectivity index (χ1v) is 5.46. The van der Waals surface area contributed by atoms with Crippen molar-refractivity contribution in [2.45, 2.75) is 31.1 Å². The first-order chi connectivity index (χ1) is 7.17. The number of aliphatic carboxylic acids is 1. The van der Waals surface area contributed by atoms with E-state index in [-0.39, 0.29) is 0 Å². The van der Waals surface area contributed by atoms with Crippen molar-refractivity contribution in [2.75, 3.05) is 0 Å². The highest BCUT2D eigenvalue weighted by molar-refractivity contribution is 5.83. The number of hydrogen-bond acceptors (Lipinski definition) is 1. The van der Waals surface area contributed by atoms with Gasteiger partial charge in [-0.05, 0) is 36.7 Å². The molecule has 0 saturated heterocycles. The van der Waals surface area contributed by atoms with Crippen molar-refractivity contribution in [3.8, 4) is 0 Å². The van der Waals surface area contributed by atoms with E-state index in [1.807, 2.05) is 30.3 Å². The summed E-state index contributed by atoms with van der Waals surface area (Å²) in [6.07, 6.45) is 4.16. The summed E-state index contributed by atoms with van der Waals surface area (Å²) in [7, 11) is 0. The highest BCUT2D eigenvalue weighted by atomic mass is 16.4. The number of carboxylic acids is 1. The first-order valence-electron chi connectivity index (χ1n) is 5.46. The quantitative estimate of drug-likeness (QED) is 0.800. The molecule has 1 aromatic rings. The molecule has 2 nitrogen and oxygen atoms in total. The van der Waals surface area contributed by atoms with Gasteiger partial charge in [0.2, 0.25) is 0 Å². The Morgan fingerprint density at radius 1 is 1.13 bits per heavy atom. The SMILES string of the molecule is O=C(O)C1(c2ccccc2)CC2(CC2)C1. The Morgan fingerprint density at radius 3 is 2.20 bits per heavy atom. The number of rotatable bonds is 2. The molecule has 2 aliphatic rings. The molecule has 3 rings (SSSR count). The molecule has 0 atom stereocenters. The monoisotopic (exact) mass is 202 g/mol. The second-order valence-electron chi connectivity index (χ2n) is 5.11. The summed E-state index contributed by atoms with van der Waals surface area (Å²) in [5, 5.41) is 9.40. The van der Waals surface area contributed by atoms with Crippen LogP contribution >= 0.6 is 0 Å². The van der Waals surface area contributed by atoms with E-state index in [1.165, 1.54) is 12.8 Å². The molecule has 0 amide bonds. The molecule has 1 spiro atoms. The zero-order valence-corrected chi connectivity index (χ0v) is 8.57. The van der Waals surface area contributed by atoms with Crippen LogP contribution in [-0.2, 0) is 10.2 Å². The maximum absolute atomic E-state index is 11.4. The molecule has 0 heterocycles. The van der Waals surface area contributed by atoms with E-state index in [0.717, 1.165) is 18.4 Å². The van der Waals surface area contributed by atoms with Crippen molar-refractivity contribution in [2.24, 2.45) is 5.41 Å². The van der Waals surface area contributed by atoms with E-state index >= 15 is 0 Å². The fourth-order valence-electron chi connectivity index (χ4n) is 2.99. The van der Waals surface area contributed by atoms with Gasteiger partial charge in [-0.25, -0.2) is 0 Å². The number of carboxylic acid groups (broad SMARTS) is 1. The lowest BCUT2D eigenvalue weighted by Crippen LogP contribution is -2.48. The van der Waals surface area contributed by atoms with Gasteiger partial charge in [0.25, 0.3) is 0 Å². The maximum atomic E-state index is 11.4. The van der Waals surface area contributed by atoms with Gasteiger partial charge < -0.3 is 5.11 Å². The van der Waals surface area contributed by atoms with Crippen molar-refractivity contribution in [1.29, 1.82) is 0 Å². The van der Waals surface area contributed by atoms with Crippen LogP contribution in [0.4, 0.5) is 0 Å². The average molecular weight is 202 g/mol. The standard InChI is InChI=1S/C13H14O2/c14-11(15)13(8-12(9-13)6-7-12)10-4-2-1-3-5-10/h1-5H,6-9H2,(H,14,15). The Kier molecular flexibility index (Phi) is 1.57. The summed E-state index contributed by atoms with van der Waals surface area (Å²) in [4.78, 5) is 11.4. The smallest absolute Gasteiger partial charge is 0.314 e. The molecule has 1 aromatic carbocycles. The van der Waals surface area contributed by atoms with Crippen LogP contribution in [0.3, 0.4) is 0 Å². The molecule has 2 heteroatoms. The van der Waals surface area contributed by atoms with Crippen molar-refractivity contribution in [3.63, 3.8) is 0 Å². The van der Waals surface area contributed by atoms with E-state index < -0.39 is 11.4 Å². The fourth-order valence-corrected chi connectivity index (χ4v) is 2.99. The minimum absolute atomic E-state index is 0.411. The van der Waals surface area contributed by atoms with Gasteiger partial charge in [0, 0.05) is 0 Å². The van der Waals surface area contributed by atoms with E-state index in [2.05, 4.69) is 0 Å². The number of carbonyl (C=O) groups is 1. The second kappa shape index (κ2) is 2.63. The molecule has 0 radical (unpaired) electrons. The van der Waals surface area contributed by atoms with Crippen molar-refractivity contribution < 1.29 is 9.90 Å². The number of benzene rings is 1. The summed E-state index contributed by atoms with van der Waals surface area (Å²) < 4.78 is 0. The minimum atomic E-state index is -0.647. The van der Waals surface area contributed by atoms with Gasteiger partial charge in [-0.2, -0.15) is 0 Å². The molecule has 1 N–H and O–H groups in total. The third-order valence-electron chi connectivity index (χ3n) is 4.05. The predicted molar refractivity (Wildman–Crippen MR) is 56.7 cm³/mol.